The molecule has 8 N–H and O–H groups in total. The Kier molecular flexibility index (Phi) is 15.9. The lowest BCUT2D eigenvalue weighted by Gasteiger charge is -2.08. The van der Waals surface area contributed by atoms with Crippen LogP contribution in [0.5, 0.6) is 0 Å². The highest BCUT2D eigenvalue weighted by Gasteiger charge is 2.18. The number of unbranched alkanes of at least 4 members (excludes halogenated alkanes) is 2. The van der Waals surface area contributed by atoms with Crippen LogP contribution in [0.3, 0.4) is 0 Å². The van der Waals surface area contributed by atoms with Crippen LogP contribution in [0, 0.1) is 0 Å². The molecule has 0 radical (unpaired) electrons. The van der Waals surface area contributed by atoms with E-state index in [4.69, 9.17) is 45.7 Å². The number of aryl methyl sites for hydroxylation is 1. The largest absolute Gasteiger partial charge is 0.424 e. The SMILES string of the molecule is NCCOCCOCCOCCOCCNC(=O)CCCCC(=O)NCCCCn1nc(-c2ccc3oc(N)nc3c2)c2c(N)ncnc21. The number of aromatic nitrogens is 5. The Labute approximate surface area is 284 Å². The van der Waals surface area contributed by atoms with Crippen LogP contribution < -0.4 is 27.8 Å². The molecule has 0 saturated heterocycles. The van der Waals surface area contributed by atoms with Crippen LogP contribution in [0.1, 0.15) is 38.5 Å². The van der Waals surface area contributed by atoms with E-state index in [0.29, 0.717) is 138 Å². The molecule has 0 fully saturated rings. The summed E-state index contributed by atoms with van der Waals surface area (Å²) in [6.45, 7) is 5.89. The molecule has 3 heterocycles. The van der Waals surface area contributed by atoms with Gasteiger partial charge in [0.15, 0.2) is 11.2 Å². The number of hydrogen-bond acceptors (Lipinski definition) is 14. The Balaban J connectivity index is 1.02. The first kappa shape index (κ1) is 37.4. The van der Waals surface area contributed by atoms with Gasteiger partial charge in [-0.1, -0.05) is 0 Å². The third-order valence-electron chi connectivity index (χ3n) is 7.36. The third-order valence-corrected chi connectivity index (χ3v) is 7.36. The van der Waals surface area contributed by atoms with Crippen LogP contribution in [0.15, 0.2) is 28.9 Å². The number of ether oxygens (including phenoxy) is 4. The number of carbonyl (C=O) groups excluding carboxylic acids is 2. The number of nitrogens with two attached hydrogens (primary N) is 3. The van der Waals surface area contributed by atoms with Crippen molar-refractivity contribution in [2.75, 3.05) is 84.0 Å². The first-order valence-electron chi connectivity index (χ1n) is 16.6. The summed E-state index contributed by atoms with van der Waals surface area (Å²) in [7, 11) is 0. The average molecular weight is 685 g/mol. The predicted molar refractivity (Wildman–Crippen MR) is 183 cm³/mol. The molecule has 2 amide bonds. The van der Waals surface area contributed by atoms with E-state index in [0.717, 1.165) is 18.4 Å². The molecule has 49 heavy (non-hydrogen) atoms. The van der Waals surface area contributed by atoms with E-state index in [9.17, 15) is 9.59 Å². The van der Waals surface area contributed by atoms with Crippen molar-refractivity contribution in [3.63, 3.8) is 0 Å². The van der Waals surface area contributed by atoms with E-state index >= 15 is 0 Å². The molecule has 3 aromatic heterocycles. The quantitative estimate of drug-likeness (QED) is 0.0620. The van der Waals surface area contributed by atoms with Crippen LogP contribution in [-0.4, -0.2) is 109 Å². The van der Waals surface area contributed by atoms with Gasteiger partial charge in [0.1, 0.15) is 23.4 Å². The second-order valence-corrected chi connectivity index (χ2v) is 11.1. The highest BCUT2D eigenvalue weighted by molar-refractivity contribution is 5.99. The number of carbonyl (C=O) groups is 2. The Bertz CT molecular complexity index is 1600. The minimum atomic E-state index is -0.0578. The van der Waals surface area contributed by atoms with Crippen LogP contribution >= 0.6 is 0 Å². The Morgan fingerprint density at radius 1 is 0.796 bits per heavy atom. The first-order chi connectivity index (χ1) is 24.0. The van der Waals surface area contributed by atoms with Gasteiger partial charge < -0.3 is 51.2 Å². The van der Waals surface area contributed by atoms with Crippen LogP contribution in [0.2, 0.25) is 0 Å². The van der Waals surface area contributed by atoms with Gasteiger partial charge in [0.25, 0.3) is 6.01 Å². The summed E-state index contributed by atoms with van der Waals surface area (Å²) in [5, 5.41) is 11.2. The van der Waals surface area contributed by atoms with E-state index in [1.54, 1.807) is 10.7 Å². The summed E-state index contributed by atoms with van der Waals surface area (Å²) in [6, 6.07) is 5.59. The van der Waals surface area contributed by atoms with Gasteiger partial charge >= 0.3 is 0 Å². The van der Waals surface area contributed by atoms with Crippen molar-refractivity contribution < 1.29 is 33.0 Å². The molecule has 4 aromatic rings. The smallest absolute Gasteiger partial charge is 0.292 e. The molecule has 1 aromatic carbocycles. The number of nitrogen functional groups attached to an aromatic ring is 2. The van der Waals surface area contributed by atoms with Crippen LogP contribution in [0.25, 0.3) is 33.4 Å². The lowest BCUT2D eigenvalue weighted by Crippen LogP contribution is -2.27. The number of hydrogen-bond donors (Lipinski definition) is 5. The number of rotatable bonds is 25. The van der Waals surface area contributed by atoms with Crippen molar-refractivity contribution in [1.29, 1.82) is 0 Å². The Hall–Kier alpha value is -4.42. The van der Waals surface area contributed by atoms with Gasteiger partial charge in [0, 0.05) is 44.6 Å². The molecular weight excluding hydrogens is 636 g/mol. The van der Waals surface area contributed by atoms with Crippen LogP contribution in [-0.2, 0) is 35.1 Å². The monoisotopic (exact) mass is 684 g/mol. The minimum Gasteiger partial charge on any atom is -0.424 e. The predicted octanol–water partition coefficient (Wildman–Crippen LogP) is 1.40. The molecule has 0 aliphatic heterocycles. The summed E-state index contributed by atoms with van der Waals surface area (Å²) in [5.41, 5.74) is 20.5. The van der Waals surface area contributed by atoms with E-state index in [-0.39, 0.29) is 17.8 Å². The van der Waals surface area contributed by atoms with Crippen molar-refractivity contribution >= 4 is 45.8 Å². The highest BCUT2D eigenvalue weighted by atomic mass is 16.6. The van der Waals surface area contributed by atoms with Gasteiger partial charge in [0.2, 0.25) is 11.8 Å². The summed E-state index contributed by atoms with van der Waals surface area (Å²) >= 11 is 0. The summed E-state index contributed by atoms with van der Waals surface area (Å²) < 4.78 is 28.6. The van der Waals surface area contributed by atoms with Gasteiger partial charge in [-0.2, -0.15) is 10.1 Å². The standard InChI is InChI=1S/C32H48N10O7/c33-9-13-45-15-17-47-19-20-48-18-16-46-14-11-37-27(44)6-2-1-5-26(43)36-10-3-4-12-42-31-28(30(34)38-22-39-31)29(41-42)23-7-8-25-24(21-23)40-32(35)49-25/h7-8,21-22H,1-6,9-20,33H2,(H2,35,40)(H,36,43)(H,37,44)(H2,34,38,39). The number of nitrogens with one attached hydrogen (secondary N) is 2. The Morgan fingerprint density at radius 3 is 2.14 bits per heavy atom. The molecule has 0 aliphatic rings. The van der Waals surface area contributed by atoms with Crippen molar-refractivity contribution in [3.8, 4) is 11.3 Å². The van der Waals surface area contributed by atoms with E-state index < -0.39 is 0 Å². The molecule has 268 valence electrons. The lowest BCUT2D eigenvalue weighted by atomic mass is 10.1. The van der Waals surface area contributed by atoms with E-state index in [2.05, 4.69) is 25.6 Å². The van der Waals surface area contributed by atoms with Gasteiger partial charge in [-0.05, 0) is 43.9 Å². The van der Waals surface area contributed by atoms with Gasteiger partial charge in [-0.25, -0.2) is 14.6 Å². The maximum absolute atomic E-state index is 12.3. The number of anilines is 2. The third kappa shape index (κ3) is 12.5. The maximum Gasteiger partial charge on any atom is 0.292 e. The number of benzene rings is 1. The molecule has 17 nitrogen and oxygen atoms in total. The van der Waals surface area contributed by atoms with Gasteiger partial charge in [0.05, 0.1) is 58.2 Å². The van der Waals surface area contributed by atoms with Crippen molar-refractivity contribution in [2.45, 2.75) is 45.1 Å². The highest BCUT2D eigenvalue weighted by Crippen LogP contribution is 2.32. The van der Waals surface area contributed by atoms with Gasteiger partial charge in [-0.3, -0.25) is 9.59 Å². The van der Waals surface area contributed by atoms with E-state index in [1.165, 1.54) is 6.33 Å². The summed E-state index contributed by atoms with van der Waals surface area (Å²) in [6.07, 6.45) is 4.93. The molecule has 17 heteroatoms. The molecule has 0 unspecified atom stereocenters. The topological polar surface area (TPSA) is 243 Å². The average Bonchev–Trinajstić information content (AvgIpc) is 3.66. The van der Waals surface area contributed by atoms with Crippen molar-refractivity contribution in [2.24, 2.45) is 5.73 Å². The number of fused-ring (bicyclic) bond motifs is 2. The molecule has 0 atom stereocenters. The Morgan fingerprint density at radius 2 is 1.45 bits per heavy atom. The second-order valence-electron chi connectivity index (χ2n) is 11.1. The molecule has 0 aliphatic carbocycles. The molecular formula is C32H48N10O7. The normalized spacial score (nSPS) is 11.4. The number of oxazole rings is 1. The fourth-order valence-corrected chi connectivity index (χ4v) is 4.95. The summed E-state index contributed by atoms with van der Waals surface area (Å²) in [5.74, 6) is 0.245. The molecule has 0 spiro atoms. The summed E-state index contributed by atoms with van der Waals surface area (Å²) in [4.78, 5) is 37.1. The fraction of sp³-hybridized carbons (Fsp3) is 0.562. The molecule has 0 saturated carbocycles. The van der Waals surface area contributed by atoms with Crippen molar-refractivity contribution in [3.05, 3.63) is 24.5 Å². The van der Waals surface area contributed by atoms with Gasteiger partial charge in [-0.15, -0.1) is 0 Å². The number of nitrogens with zero attached hydrogens (tertiary/aromatic N) is 5. The maximum atomic E-state index is 12.3. The fourth-order valence-electron chi connectivity index (χ4n) is 4.95. The zero-order valence-electron chi connectivity index (χ0n) is 27.9. The first-order valence-corrected chi connectivity index (χ1v) is 16.6. The lowest BCUT2D eigenvalue weighted by molar-refractivity contribution is -0.123. The number of amides is 2. The second kappa shape index (κ2) is 20.8. The zero-order valence-corrected chi connectivity index (χ0v) is 27.9. The molecule has 4 rings (SSSR count). The zero-order chi connectivity index (χ0) is 34.7. The molecule has 0 bridgehead atoms. The minimum absolute atomic E-state index is 0.0321. The van der Waals surface area contributed by atoms with Crippen LogP contribution in [0.4, 0.5) is 11.8 Å². The van der Waals surface area contributed by atoms with E-state index in [1.807, 2.05) is 12.1 Å². The van der Waals surface area contributed by atoms with Crippen molar-refractivity contribution in [1.82, 2.24) is 35.4 Å².